The maximum absolute atomic E-state index is 12.5. The Labute approximate surface area is 134 Å². The Balaban J connectivity index is 1.79. The van der Waals surface area contributed by atoms with Crippen LogP contribution in [-0.2, 0) is 11.2 Å². The number of nitriles is 1. The zero-order valence-electron chi connectivity index (χ0n) is 13.1. The van der Waals surface area contributed by atoms with Crippen LogP contribution in [0.25, 0.3) is 10.9 Å². The van der Waals surface area contributed by atoms with Crippen molar-refractivity contribution in [2.24, 2.45) is 5.73 Å². The van der Waals surface area contributed by atoms with Crippen LogP contribution in [0.2, 0.25) is 0 Å². The van der Waals surface area contributed by atoms with E-state index in [1.54, 1.807) is 12.0 Å². The summed E-state index contributed by atoms with van der Waals surface area (Å²) in [6, 6.07) is 6.96. The van der Waals surface area contributed by atoms with Gasteiger partial charge < -0.3 is 20.4 Å². The summed E-state index contributed by atoms with van der Waals surface area (Å²) in [5.41, 5.74) is 8.08. The van der Waals surface area contributed by atoms with Crippen LogP contribution in [0.5, 0.6) is 5.75 Å². The predicted molar refractivity (Wildman–Crippen MR) is 86.9 cm³/mol. The first-order valence-corrected chi connectivity index (χ1v) is 7.73. The van der Waals surface area contributed by atoms with Crippen LogP contribution >= 0.6 is 0 Å². The quantitative estimate of drug-likeness (QED) is 0.895. The third-order valence-corrected chi connectivity index (χ3v) is 4.42. The molecule has 23 heavy (non-hydrogen) atoms. The van der Waals surface area contributed by atoms with Gasteiger partial charge in [-0.05, 0) is 43.0 Å². The molecule has 2 heterocycles. The summed E-state index contributed by atoms with van der Waals surface area (Å²) >= 11 is 0. The minimum Gasteiger partial charge on any atom is -0.497 e. The second-order valence-electron chi connectivity index (χ2n) is 5.85. The average molecular weight is 312 g/mol. The van der Waals surface area contributed by atoms with E-state index in [9.17, 15) is 4.79 Å². The van der Waals surface area contributed by atoms with E-state index in [0.717, 1.165) is 35.1 Å². The van der Waals surface area contributed by atoms with Gasteiger partial charge in [0.1, 0.15) is 11.8 Å². The van der Waals surface area contributed by atoms with Crippen LogP contribution in [0, 0.1) is 11.3 Å². The molecule has 1 saturated heterocycles. The molecular weight excluding hydrogens is 292 g/mol. The van der Waals surface area contributed by atoms with Crippen LogP contribution in [0.15, 0.2) is 24.4 Å². The molecule has 3 rings (SSSR count). The molecule has 1 aromatic heterocycles. The first kappa shape index (κ1) is 15.4. The van der Waals surface area contributed by atoms with Gasteiger partial charge >= 0.3 is 0 Å². The fraction of sp³-hybridized carbons (Fsp3) is 0.412. The van der Waals surface area contributed by atoms with Crippen LogP contribution < -0.4 is 10.5 Å². The standard InChI is InChI=1S/C17H20N4O2/c1-23-13-4-5-16-14(8-13)11(10-20-16)7-15(19)17(22)21-6-2-3-12(21)9-18/h4-5,8,10,12,15,20H,2-3,6-7,19H2,1H3. The van der Waals surface area contributed by atoms with Gasteiger partial charge in [-0.25, -0.2) is 0 Å². The molecule has 120 valence electrons. The van der Waals surface area contributed by atoms with Crippen molar-refractivity contribution in [3.8, 4) is 11.8 Å². The number of ether oxygens (including phenoxy) is 1. The Morgan fingerprint density at radius 1 is 1.61 bits per heavy atom. The Morgan fingerprint density at radius 2 is 2.43 bits per heavy atom. The summed E-state index contributed by atoms with van der Waals surface area (Å²) in [5, 5.41) is 10.1. The van der Waals surface area contributed by atoms with E-state index in [-0.39, 0.29) is 11.9 Å². The number of aromatic amines is 1. The molecule has 1 fully saturated rings. The minimum atomic E-state index is -0.644. The number of benzene rings is 1. The number of carbonyl (C=O) groups is 1. The normalized spacial score (nSPS) is 18.8. The Kier molecular flexibility index (Phi) is 4.22. The molecule has 0 radical (unpaired) electrons. The van der Waals surface area contributed by atoms with Gasteiger partial charge in [0, 0.05) is 23.6 Å². The number of nitrogens with two attached hydrogens (primary N) is 1. The van der Waals surface area contributed by atoms with Crippen molar-refractivity contribution in [3.05, 3.63) is 30.0 Å². The lowest BCUT2D eigenvalue weighted by Gasteiger charge is -2.23. The molecule has 0 spiro atoms. The summed E-state index contributed by atoms with van der Waals surface area (Å²) < 4.78 is 5.25. The third kappa shape index (κ3) is 2.88. The Morgan fingerprint density at radius 3 is 3.17 bits per heavy atom. The van der Waals surface area contributed by atoms with Crippen LogP contribution in [0.3, 0.4) is 0 Å². The fourth-order valence-electron chi connectivity index (χ4n) is 3.16. The maximum Gasteiger partial charge on any atom is 0.240 e. The zero-order valence-corrected chi connectivity index (χ0v) is 13.1. The highest BCUT2D eigenvalue weighted by Crippen LogP contribution is 2.25. The van der Waals surface area contributed by atoms with Crippen LogP contribution in [-0.4, -0.2) is 41.5 Å². The Bertz CT molecular complexity index is 762. The number of aromatic nitrogens is 1. The van der Waals surface area contributed by atoms with Crippen molar-refractivity contribution in [2.75, 3.05) is 13.7 Å². The molecule has 1 amide bonds. The molecular formula is C17H20N4O2. The van der Waals surface area contributed by atoms with Gasteiger partial charge in [-0.3, -0.25) is 4.79 Å². The lowest BCUT2D eigenvalue weighted by Crippen LogP contribution is -2.46. The topological polar surface area (TPSA) is 95.1 Å². The number of rotatable bonds is 4. The lowest BCUT2D eigenvalue weighted by molar-refractivity contribution is -0.132. The number of nitrogens with zero attached hydrogens (tertiary/aromatic N) is 2. The number of fused-ring (bicyclic) bond motifs is 1. The van der Waals surface area contributed by atoms with Crippen molar-refractivity contribution < 1.29 is 9.53 Å². The molecule has 1 aliphatic rings. The van der Waals surface area contributed by atoms with E-state index >= 15 is 0 Å². The number of hydrogen-bond acceptors (Lipinski definition) is 4. The highest BCUT2D eigenvalue weighted by atomic mass is 16.5. The molecule has 1 aromatic carbocycles. The van der Waals surface area contributed by atoms with E-state index in [2.05, 4.69) is 11.1 Å². The second-order valence-corrected chi connectivity index (χ2v) is 5.85. The smallest absolute Gasteiger partial charge is 0.240 e. The van der Waals surface area contributed by atoms with Crippen molar-refractivity contribution in [1.82, 2.24) is 9.88 Å². The lowest BCUT2D eigenvalue weighted by atomic mass is 10.0. The molecule has 2 atom stereocenters. The molecule has 0 bridgehead atoms. The van der Waals surface area contributed by atoms with E-state index in [1.807, 2.05) is 24.4 Å². The number of H-pyrrole nitrogens is 1. The molecule has 2 aromatic rings. The molecule has 0 saturated carbocycles. The van der Waals surface area contributed by atoms with Gasteiger partial charge in [-0.2, -0.15) is 5.26 Å². The first-order valence-electron chi connectivity index (χ1n) is 7.73. The van der Waals surface area contributed by atoms with Gasteiger partial charge in [0.2, 0.25) is 5.91 Å². The molecule has 6 nitrogen and oxygen atoms in total. The summed E-state index contributed by atoms with van der Waals surface area (Å²) in [6.45, 7) is 0.618. The zero-order chi connectivity index (χ0) is 16.4. The van der Waals surface area contributed by atoms with Gasteiger partial charge in [0.15, 0.2) is 0 Å². The monoisotopic (exact) mass is 312 g/mol. The molecule has 6 heteroatoms. The molecule has 3 N–H and O–H groups in total. The third-order valence-electron chi connectivity index (χ3n) is 4.42. The average Bonchev–Trinajstić information content (AvgIpc) is 3.20. The largest absolute Gasteiger partial charge is 0.497 e. The minimum absolute atomic E-state index is 0.147. The van der Waals surface area contributed by atoms with Gasteiger partial charge in [0.05, 0.1) is 19.2 Å². The molecule has 2 unspecified atom stereocenters. The number of methoxy groups -OCH3 is 1. The fourth-order valence-corrected chi connectivity index (χ4v) is 3.16. The summed E-state index contributed by atoms with van der Waals surface area (Å²) in [5.74, 6) is 0.619. The van der Waals surface area contributed by atoms with Crippen molar-refractivity contribution in [2.45, 2.75) is 31.3 Å². The van der Waals surface area contributed by atoms with Crippen LogP contribution in [0.4, 0.5) is 0 Å². The second kappa shape index (κ2) is 6.31. The van der Waals surface area contributed by atoms with Gasteiger partial charge in [-0.1, -0.05) is 0 Å². The van der Waals surface area contributed by atoms with Gasteiger partial charge in [0.25, 0.3) is 0 Å². The number of nitrogens with one attached hydrogen (secondary N) is 1. The van der Waals surface area contributed by atoms with Crippen molar-refractivity contribution in [1.29, 1.82) is 5.26 Å². The molecule has 1 aliphatic heterocycles. The number of likely N-dealkylation sites (tertiary alicyclic amines) is 1. The van der Waals surface area contributed by atoms with Crippen molar-refractivity contribution >= 4 is 16.8 Å². The first-order chi connectivity index (χ1) is 11.1. The predicted octanol–water partition coefficient (Wildman–Crippen LogP) is 1.56. The van der Waals surface area contributed by atoms with Crippen molar-refractivity contribution in [3.63, 3.8) is 0 Å². The summed E-state index contributed by atoms with van der Waals surface area (Å²) in [6.07, 6.45) is 3.91. The molecule has 0 aliphatic carbocycles. The summed E-state index contributed by atoms with van der Waals surface area (Å²) in [4.78, 5) is 17.3. The maximum atomic E-state index is 12.5. The van der Waals surface area contributed by atoms with Crippen LogP contribution in [0.1, 0.15) is 18.4 Å². The highest BCUT2D eigenvalue weighted by Gasteiger charge is 2.31. The summed E-state index contributed by atoms with van der Waals surface area (Å²) in [7, 11) is 1.62. The number of carbonyl (C=O) groups excluding carboxylic acids is 1. The highest BCUT2D eigenvalue weighted by molar-refractivity contribution is 5.87. The van der Waals surface area contributed by atoms with Gasteiger partial charge in [-0.15, -0.1) is 0 Å². The Hall–Kier alpha value is -2.52. The number of amides is 1. The van der Waals surface area contributed by atoms with E-state index in [4.69, 9.17) is 15.7 Å². The number of hydrogen-bond donors (Lipinski definition) is 2. The van der Waals surface area contributed by atoms with E-state index < -0.39 is 6.04 Å². The van der Waals surface area contributed by atoms with E-state index in [1.165, 1.54) is 0 Å². The van der Waals surface area contributed by atoms with E-state index in [0.29, 0.717) is 13.0 Å². The SMILES string of the molecule is COc1ccc2[nH]cc(CC(N)C(=O)N3CCCC3C#N)c2c1.